The summed E-state index contributed by atoms with van der Waals surface area (Å²) in [6.45, 7) is 9.50. The van der Waals surface area contributed by atoms with E-state index >= 15 is 0 Å². The van der Waals surface area contributed by atoms with Gasteiger partial charge in [0.2, 0.25) is 0 Å². The summed E-state index contributed by atoms with van der Waals surface area (Å²) in [5.41, 5.74) is 7.48. The van der Waals surface area contributed by atoms with Crippen molar-refractivity contribution in [3.8, 4) is 5.75 Å². The number of nitrogens with zero attached hydrogens (tertiary/aromatic N) is 1. The van der Waals surface area contributed by atoms with Crippen molar-refractivity contribution in [1.29, 1.82) is 0 Å². The Morgan fingerprint density at radius 1 is 1.30 bits per heavy atom. The molecule has 0 aromatic heterocycles. The molecule has 0 amide bonds. The van der Waals surface area contributed by atoms with Crippen LogP contribution in [0.2, 0.25) is 0 Å². The van der Waals surface area contributed by atoms with E-state index in [4.69, 9.17) is 15.2 Å². The number of hydrogen-bond acceptors (Lipinski definition) is 5. The zero-order valence-electron chi connectivity index (χ0n) is 12.7. The largest absolute Gasteiger partial charge is 0.492 e. The minimum absolute atomic E-state index is 0.352. The van der Waals surface area contributed by atoms with Gasteiger partial charge in [0, 0.05) is 12.2 Å². The molecule has 0 aliphatic rings. The van der Waals surface area contributed by atoms with E-state index in [9.17, 15) is 4.79 Å². The van der Waals surface area contributed by atoms with E-state index in [0.717, 1.165) is 25.2 Å². The van der Waals surface area contributed by atoms with Gasteiger partial charge in [0.15, 0.2) is 0 Å². The molecule has 0 atom stereocenters. The summed E-state index contributed by atoms with van der Waals surface area (Å²) in [6, 6.07) is 3.47. The lowest BCUT2D eigenvalue weighted by atomic mass is 10.1. The van der Waals surface area contributed by atoms with Crippen molar-refractivity contribution in [2.24, 2.45) is 0 Å². The van der Waals surface area contributed by atoms with E-state index < -0.39 is 5.97 Å². The van der Waals surface area contributed by atoms with Crippen molar-refractivity contribution in [1.82, 2.24) is 4.90 Å². The van der Waals surface area contributed by atoms with E-state index in [2.05, 4.69) is 18.7 Å². The molecule has 112 valence electrons. The summed E-state index contributed by atoms with van der Waals surface area (Å²) in [7, 11) is 1.34. The molecule has 1 aromatic carbocycles. The molecule has 2 N–H and O–H groups in total. The number of methoxy groups -OCH3 is 1. The molecule has 5 nitrogen and oxygen atoms in total. The first-order chi connectivity index (χ1) is 9.53. The second-order valence-electron chi connectivity index (χ2n) is 4.57. The lowest BCUT2D eigenvalue weighted by Gasteiger charge is -2.18. The van der Waals surface area contributed by atoms with Gasteiger partial charge in [0.25, 0.3) is 0 Å². The van der Waals surface area contributed by atoms with E-state index in [1.807, 2.05) is 13.0 Å². The van der Waals surface area contributed by atoms with E-state index in [-0.39, 0.29) is 0 Å². The Labute approximate surface area is 120 Å². The van der Waals surface area contributed by atoms with E-state index in [0.29, 0.717) is 23.6 Å². The molecular weight excluding hydrogens is 256 g/mol. The molecule has 0 aliphatic heterocycles. The summed E-state index contributed by atoms with van der Waals surface area (Å²) in [5.74, 6) is 0.198. The van der Waals surface area contributed by atoms with Gasteiger partial charge >= 0.3 is 5.97 Å². The predicted octanol–water partition coefficient (Wildman–Crippen LogP) is 2.08. The zero-order valence-corrected chi connectivity index (χ0v) is 12.7. The van der Waals surface area contributed by atoms with Gasteiger partial charge in [-0.1, -0.05) is 13.8 Å². The summed E-state index contributed by atoms with van der Waals surface area (Å²) < 4.78 is 10.4. The molecule has 0 radical (unpaired) electrons. The second-order valence-corrected chi connectivity index (χ2v) is 4.57. The molecule has 20 heavy (non-hydrogen) atoms. The maximum Gasteiger partial charge on any atom is 0.340 e. The second kappa shape index (κ2) is 7.75. The van der Waals surface area contributed by atoms with Crippen LogP contribution in [0.15, 0.2) is 12.1 Å². The number of aryl methyl sites for hydroxylation is 1. The van der Waals surface area contributed by atoms with Crippen LogP contribution in [0.4, 0.5) is 5.69 Å². The number of nitrogens with two attached hydrogens (primary N) is 1. The number of nitrogen functional groups attached to an aromatic ring is 1. The Hall–Kier alpha value is -1.75. The van der Waals surface area contributed by atoms with Crippen molar-refractivity contribution >= 4 is 11.7 Å². The van der Waals surface area contributed by atoms with Crippen molar-refractivity contribution in [3.63, 3.8) is 0 Å². The van der Waals surface area contributed by atoms with Gasteiger partial charge in [-0.2, -0.15) is 0 Å². The molecule has 0 saturated carbocycles. The molecular formula is C15H24N2O3. The topological polar surface area (TPSA) is 64.8 Å². The standard InChI is InChI=1S/C15H24N2O3/c1-5-17(6-2)7-8-20-12-9-11(3)14(16)13(10-12)15(18)19-4/h9-10H,5-8,16H2,1-4H3. The van der Waals surface area contributed by atoms with Crippen molar-refractivity contribution in [2.45, 2.75) is 20.8 Å². The van der Waals surface area contributed by atoms with Gasteiger partial charge in [-0.25, -0.2) is 4.79 Å². The zero-order chi connectivity index (χ0) is 15.1. The van der Waals surface area contributed by atoms with Gasteiger partial charge in [-0.3, -0.25) is 0 Å². The van der Waals surface area contributed by atoms with Crippen LogP contribution in [0.25, 0.3) is 0 Å². The number of rotatable bonds is 7. The van der Waals surface area contributed by atoms with Crippen molar-refractivity contribution in [3.05, 3.63) is 23.3 Å². The van der Waals surface area contributed by atoms with Crippen molar-refractivity contribution in [2.75, 3.05) is 39.1 Å². The fraction of sp³-hybridized carbons (Fsp3) is 0.533. The number of carbonyl (C=O) groups is 1. The van der Waals surface area contributed by atoms with Crippen LogP contribution >= 0.6 is 0 Å². The number of carbonyl (C=O) groups excluding carboxylic acids is 1. The number of benzene rings is 1. The van der Waals surface area contributed by atoms with E-state index in [1.165, 1.54) is 7.11 Å². The van der Waals surface area contributed by atoms with Gasteiger partial charge in [0.05, 0.1) is 12.7 Å². The van der Waals surface area contributed by atoms with Crippen LogP contribution in [0.1, 0.15) is 29.8 Å². The van der Waals surface area contributed by atoms with Gasteiger partial charge in [-0.05, 0) is 37.7 Å². The molecule has 0 fully saturated rings. The average Bonchev–Trinajstić information content (AvgIpc) is 2.46. The summed E-state index contributed by atoms with van der Waals surface area (Å²) in [4.78, 5) is 13.9. The maximum absolute atomic E-state index is 11.6. The van der Waals surface area contributed by atoms with Crippen LogP contribution in [0.5, 0.6) is 5.75 Å². The smallest absolute Gasteiger partial charge is 0.340 e. The molecule has 5 heteroatoms. The molecule has 0 saturated heterocycles. The first-order valence-corrected chi connectivity index (χ1v) is 6.87. The maximum atomic E-state index is 11.6. The number of esters is 1. The van der Waals surface area contributed by atoms with Gasteiger partial charge in [-0.15, -0.1) is 0 Å². The fourth-order valence-corrected chi connectivity index (χ4v) is 1.96. The van der Waals surface area contributed by atoms with E-state index in [1.54, 1.807) is 6.07 Å². The van der Waals surface area contributed by atoms with Gasteiger partial charge < -0.3 is 20.1 Å². The Balaban J connectivity index is 2.76. The Kier molecular flexibility index (Phi) is 6.31. The minimum Gasteiger partial charge on any atom is -0.492 e. The highest BCUT2D eigenvalue weighted by molar-refractivity contribution is 5.96. The average molecular weight is 280 g/mol. The third kappa shape index (κ3) is 4.13. The summed E-state index contributed by atoms with van der Waals surface area (Å²) >= 11 is 0. The summed E-state index contributed by atoms with van der Waals surface area (Å²) in [6.07, 6.45) is 0. The Morgan fingerprint density at radius 2 is 1.95 bits per heavy atom. The van der Waals surface area contributed by atoms with Crippen LogP contribution in [-0.4, -0.2) is 44.2 Å². The molecule has 1 aromatic rings. The first kappa shape index (κ1) is 16.3. The highest BCUT2D eigenvalue weighted by Crippen LogP contribution is 2.25. The molecule has 0 heterocycles. The molecule has 0 unspecified atom stereocenters. The fourth-order valence-electron chi connectivity index (χ4n) is 1.96. The lowest BCUT2D eigenvalue weighted by Crippen LogP contribution is -2.27. The highest BCUT2D eigenvalue weighted by Gasteiger charge is 2.14. The molecule has 0 bridgehead atoms. The summed E-state index contributed by atoms with van der Waals surface area (Å²) in [5, 5.41) is 0. The van der Waals surface area contributed by atoms with Crippen molar-refractivity contribution < 1.29 is 14.3 Å². The van der Waals surface area contributed by atoms with Crippen LogP contribution in [0.3, 0.4) is 0 Å². The van der Waals surface area contributed by atoms with Crippen LogP contribution in [0, 0.1) is 6.92 Å². The first-order valence-electron chi connectivity index (χ1n) is 6.87. The molecule has 0 spiro atoms. The molecule has 0 aliphatic carbocycles. The molecule has 1 rings (SSSR count). The minimum atomic E-state index is -0.445. The normalized spacial score (nSPS) is 10.7. The highest BCUT2D eigenvalue weighted by atomic mass is 16.5. The van der Waals surface area contributed by atoms with Gasteiger partial charge in [0.1, 0.15) is 12.4 Å². The quantitative estimate of drug-likeness (QED) is 0.612. The lowest BCUT2D eigenvalue weighted by molar-refractivity contribution is 0.0601. The van der Waals surface area contributed by atoms with Crippen LogP contribution < -0.4 is 10.5 Å². The third-order valence-electron chi connectivity index (χ3n) is 3.34. The number of ether oxygens (including phenoxy) is 2. The number of anilines is 1. The number of likely N-dealkylation sites (N-methyl/N-ethyl adjacent to an activating group) is 1. The number of hydrogen-bond donors (Lipinski definition) is 1. The Bertz CT molecular complexity index is 457. The SMILES string of the molecule is CCN(CC)CCOc1cc(C)c(N)c(C(=O)OC)c1. The van der Waals surface area contributed by atoms with Crippen LogP contribution in [-0.2, 0) is 4.74 Å². The monoisotopic (exact) mass is 280 g/mol. The predicted molar refractivity (Wildman–Crippen MR) is 80.2 cm³/mol. The third-order valence-corrected chi connectivity index (χ3v) is 3.34. The Morgan fingerprint density at radius 3 is 2.50 bits per heavy atom.